The fourth-order valence-electron chi connectivity index (χ4n) is 1.48. The van der Waals surface area contributed by atoms with E-state index in [2.05, 4.69) is 16.8 Å². The topological polar surface area (TPSA) is 32.3 Å². The van der Waals surface area contributed by atoms with Gasteiger partial charge in [-0.15, -0.1) is 0 Å². The van der Waals surface area contributed by atoms with Crippen molar-refractivity contribution in [3.8, 4) is 0 Å². The second-order valence-electron chi connectivity index (χ2n) is 5.07. The van der Waals surface area contributed by atoms with Crippen LogP contribution in [0.2, 0.25) is 0 Å². The Morgan fingerprint density at radius 2 is 2.00 bits per heavy atom. The minimum absolute atomic E-state index is 0. The van der Waals surface area contributed by atoms with Crippen LogP contribution in [-0.2, 0) is 4.79 Å². The van der Waals surface area contributed by atoms with Crippen LogP contribution in [0.15, 0.2) is 12.7 Å². The molecule has 0 rings (SSSR count). The average molecular weight is 264 g/mol. The highest BCUT2D eigenvalue weighted by Crippen LogP contribution is 1.95. The molecular weight excluding hydrogens is 238 g/mol. The maximum atomic E-state index is 11.6. The smallest absolute Gasteiger partial charge is 0.275 e. The molecule has 17 heavy (non-hydrogen) atoms. The lowest BCUT2D eigenvalue weighted by Gasteiger charge is -2.27. The monoisotopic (exact) mass is 263 g/mol. The van der Waals surface area contributed by atoms with Gasteiger partial charge >= 0.3 is 0 Å². The van der Waals surface area contributed by atoms with E-state index >= 15 is 0 Å². The van der Waals surface area contributed by atoms with Crippen LogP contribution in [0.1, 0.15) is 6.42 Å². The standard InChI is InChI=1S/C12H25N3O.ClH/c1-6-10-15(4,5)11-12(16)13-8-7-9-14(2)3;/h6H,1,7-11H2,2-5H3;1H. The molecule has 1 N–H and O–H groups in total. The first-order valence-electron chi connectivity index (χ1n) is 5.72. The van der Waals surface area contributed by atoms with Crippen molar-refractivity contribution < 1.29 is 21.7 Å². The summed E-state index contributed by atoms with van der Waals surface area (Å²) in [5, 5.41) is 2.94. The highest BCUT2D eigenvalue weighted by molar-refractivity contribution is 5.77. The van der Waals surface area contributed by atoms with Crippen molar-refractivity contribution >= 4 is 5.91 Å². The van der Waals surface area contributed by atoms with Crippen LogP contribution in [0.25, 0.3) is 0 Å². The van der Waals surface area contributed by atoms with E-state index in [1.807, 2.05) is 34.3 Å². The Labute approximate surface area is 112 Å². The first-order chi connectivity index (χ1) is 7.37. The van der Waals surface area contributed by atoms with Crippen LogP contribution in [0.3, 0.4) is 0 Å². The summed E-state index contributed by atoms with van der Waals surface area (Å²) in [6.45, 7) is 6.77. The molecule has 0 fully saturated rings. The number of halogens is 1. The lowest BCUT2D eigenvalue weighted by Crippen LogP contribution is -3.00. The van der Waals surface area contributed by atoms with Crippen molar-refractivity contribution in [3.05, 3.63) is 12.7 Å². The van der Waals surface area contributed by atoms with Crippen LogP contribution in [0.4, 0.5) is 0 Å². The number of nitrogens with one attached hydrogen (secondary N) is 1. The molecule has 0 aromatic rings. The minimum atomic E-state index is 0. The maximum absolute atomic E-state index is 11.6. The van der Waals surface area contributed by atoms with E-state index in [0.717, 1.165) is 26.1 Å². The molecule has 0 heterocycles. The minimum Gasteiger partial charge on any atom is -1.00 e. The molecule has 0 saturated heterocycles. The fourth-order valence-corrected chi connectivity index (χ4v) is 1.48. The van der Waals surface area contributed by atoms with Crippen molar-refractivity contribution in [2.24, 2.45) is 0 Å². The van der Waals surface area contributed by atoms with Gasteiger partial charge in [0, 0.05) is 6.54 Å². The molecular formula is C12H26ClN3O. The van der Waals surface area contributed by atoms with E-state index in [0.29, 0.717) is 11.0 Å². The average Bonchev–Trinajstić information content (AvgIpc) is 2.11. The second kappa shape index (κ2) is 9.45. The zero-order valence-electron chi connectivity index (χ0n) is 11.5. The van der Waals surface area contributed by atoms with Crippen LogP contribution in [0.5, 0.6) is 0 Å². The van der Waals surface area contributed by atoms with Gasteiger partial charge in [-0.3, -0.25) is 4.79 Å². The summed E-state index contributed by atoms with van der Waals surface area (Å²) in [6, 6.07) is 0. The molecule has 0 saturated carbocycles. The van der Waals surface area contributed by atoms with Crippen LogP contribution < -0.4 is 17.7 Å². The molecule has 0 aliphatic heterocycles. The lowest BCUT2D eigenvalue weighted by molar-refractivity contribution is -0.876. The van der Waals surface area contributed by atoms with Crippen molar-refractivity contribution in [1.82, 2.24) is 10.2 Å². The summed E-state index contributed by atoms with van der Waals surface area (Å²) in [4.78, 5) is 13.7. The van der Waals surface area contributed by atoms with Gasteiger partial charge in [0.05, 0.1) is 20.6 Å². The summed E-state index contributed by atoms with van der Waals surface area (Å²) in [7, 11) is 8.12. The van der Waals surface area contributed by atoms with Gasteiger partial charge in [0.1, 0.15) is 0 Å². The maximum Gasteiger partial charge on any atom is 0.275 e. The van der Waals surface area contributed by atoms with E-state index in [9.17, 15) is 4.79 Å². The van der Waals surface area contributed by atoms with Crippen molar-refractivity contribution in [1.29, 1.82) is 0 Å². The van der Waals surface area contributed by atoms with Gasteiger partial charge < -0.3 is 27.1 Å². The fraction of sp³-hybridized carbons (Fsp3) is 0.750. The van der Waals surface area contributed by atoms with Crippen molar-refractivity contribution in [3.63, 3.8) is 0 Å². The second-order valence-corrected chi connectivity index (χ2v) is 5.07. The van der Waals surface area contributed by atoms with Gasteiger partial charge in [-0.2, -0.15) is 0 Å². The molecule has 0 spiro atoms. The van der Waals surface area contributed by atoms with Crippen molar-refractivity contribution in [2.45, 2.75) is 6.42 Å². The number of carbonyl (C=O) groups excluding carboxylic acids is 1. The molecule has 0 radical (unpaired) electrons. The predicted molar refractivity (Wildman–Crippen MR) is 68.2 cm³/mol. The van der Waals surface area contributed by atoms with Crippen LogP contribution in [-0.4, -0.2) is 69.7 Å². The number of carbonyl (C=O) groups is 1. The van der Waals surface area contributed by atoms with E-state index in [1.165, 1.54) is 0 Å². The summed E-state index contributed by atoms with van der Waals surface area (Å²) < 4.78 is 0.656. The normalized spacial score (nSPS) is 10.9. The zero-order chi connectivity index (χ0) is 12.6. The third kappa shape index (κ3) is 11.7. The number of quaternary nitrogens is 1. The Bertz CT molecular complexity index is 230. The summed E-state index contributed by atoms with van der Waals surface area (Å²) in [5.41, 5.74) is 0. The van der Waals surface area contributed by atoms with Gasteiger partial charge in [-0.1, -0.05) is 6.58 Å². The van der Waals surface area contributed by atoms with E-state index in [1.54, 1.807) is 0 Å². The summed E-state index contributed by atoms with van der Waals surface area (Å²) >= 11 is 0. The van der Waals surface area contributed by atoms with Crippen LogP contribution >= 0.6 is 0 Å². The lowest BCUT2D eigenvalue weighted by atomic mass is 10.3. The van der Waals surface area contributed by atoms with Gasteiger partial charge in [-0.25, -0.2) is 0 Å². The van der Waals surface area contributed by atoms with Gasteiger partial charge in [0.25, 0.3) is 5.91 Å². The molecule has 0 atom stereocenters. The molecule has 102 valence electrons. The molecule has 1 amide bonds. The molecule has 0 unspecified atom stereocenters. The number of nitrogens with zero attached hydrogens (tertiary/aromatic N) is 2. The number of rotatable bonds is 8. The number of hydrogen-bond donors (Lipinski definition) is 1. The number of likely N-dealkylation sites (N-methyl/N-ethyl adjacent to an activating group) is 1. The summed E-state index contributed by atoms with van der Waals surface area (Å²) in [5.74, 6) is 0.116. The largest absolute Gasteiger partial charge is 1.00 e. The molecule has 0 aromatic carbocycles. The number of hydrogen-bond acceptors (Lipinski definition) is 2. The Morgan fingerprint density at radius 1 is 1.41 bits per heavy atom. The first kappa shape index (κ1) is 18.8. The van der Waals surface area contributed by atoms with Gasteiger partial charge in [-0.05, 0) is 33.1 Å². The highest BCUT2D eigenvalue weighted by Gasteiger charge is 2.17. The molecule has 4 nitrogen and oxygen atoms in total. The first-order valence-corrected chi connectivity index (χ1v) is 5.72. The molecule has 0 aliphatic rings. The van der Waals surface area contributed by atoms with E-state index < -0.39 is 0 Å². The highest BCUT2D eigenvalue weighted by atomic mass is 35.5. The third-order valence-electron chi connectivity index (χ3n) is 2.30. The molecule has 0 bridgehead atoms. The summed E-state index contributed by atoms with van der Waals surface area (Å²) in [6.07, 6.45) is 2.84. The zero-order valence-corrected chi connectivity index (χ0v) is 12.3. The Hall–Kier alpha value is -0.580. The van der Waals surface area contributed by atoms with E-state index in [4.69, 9.17) is 0 Å². The van der Waals surface area contributed by atoms with Crippen molar-refractivity contribution in [2.75, 3.05) is 54.4 Å². The molecule has 0 aliphatic carbocycles. The van der Waals surface area contributed by atoms with Gasteiger partial charge in [0.15, 0.2) is 6.54 Å². The Balaban J connectivity index is 0. The quantitative estimate of drug-likeness (QED) is 0.294. The number of amides is 1. The predicted octanol–water partition coefficient (Wildman–Crippen LogP) is -2.68. The Kier molecular flexibility index (Phi) is 10.4. The van der Waals surface area contributed by atoms with Gasteiger partial charge in [0.2, 0.25) is 0 Å². The molecule has 5 heteroatoms. The third-order valence-corrected chi connectivity index (χ3v) is 2.30. The van der Waals surface area contributed by atoms with E-state index in [-0.39, 0.29) is 18.3 Å². The SMILES string of the molecule is C=CC[N+](C)(C)CC(=O)NCCCN(C)C.[Cl-]. The Morgan fingerprint density at radius 3 is 2.47 bits per heavy atom. The van der Waals surface area contributed by atoms with Crippen LogP contribution in [0, 0.1) is 0 Å². The molecule has 0 aromatic heterocycles.